The van der Waals surface area contributed by atoms with Crippen molar-refractivity contribution in [3.8, 4) is 11.3 Å². The maximum Gasteiger partial charge on any atom is 0.262 e. The first-order valence-electron chi connectivity index (χ1n) is 10.5. The highest BCUT2D eigenvalue weighted by Gasteiger charge is 2.44. The van der Waals surface area contributed by atoms with Crippen molar-refractivity contribution in [1.82, 2.24) is 39.6 Å². The molecule has 1 atom stereocenters. The van der Waals surface area contributed by atoms with Gasteiger partial charge in [0.2, 0.25) is 17.6 Å². The smallest absolute Gasteiger partial charge is 0.262 e. The predicted molar refractivity (Wildman–Crippen MR) is 114 cm³/mol. The summed E-state index contributed by atoms with van der Waals surface area (Å²) in [5.41, 5.74) is 2.28. The number of hydrogen-bond acceptors (Lipinski definition) is 8. The van der Waals surface area contributed by atoms with Crippen molar-refractivity contribution in [2.24, 2.45) is 0 Å². The fourth-order valence-corrected chi connectivity index (χ4v) is 4.26. The second-order valence-electron chi connectivity index (χ2n) is 8.07. The first kappa shape index (κ1) is 19.9. The summed E-state index contributed by atoms with van der Waals surface area (Å²) in [5.74, 6) is -1.59. The molecule has 0 saturated carbocycles. The Bertz CT molecular complexity index is 1490. The van der Waals surface area contributed by atoms with E-state index in [0.717, 1.165) is 10.6 Å². The predicted octanol–water partition coefficient (Wildman–Crippen LogP) is 0.437. The molecule has 1 aromatic carbocycles. The molecular weight excluding hydrogens is 440 g/mol. The number of imide groups is 2. The van der Waals surface area contributed by atoms with E-state index < -0.39 is 29.7 Å². The van der Waals surface area contributed by atoms with Gasteiger partial charge in [-0.1, -0.05) is 11.3 Å². The normalized spacial score (nSPS) is 18.0. The van der Waals surface area contributed by atoms with Gasteiger partial charge in [-0.05, 0) is 24.6 Å². The van der Waals surface area contributed by atoms with Crippen molar-refractivity contribution in [3.63, 3.8) is 0 Å². The van der Waals surface area contributed by atoms with E-state index in [1.165, 1.54) is 0 Å². The molecule has 1 saturated heterocycles. The molecule has 5 heterocycles. The Balaban J connectivity index is 1.25. The summed E-state index contributed by atoms with van der Waals surface area (Å²) in [6.45, 7) is 0.377. The van der Waals surface area contributed by atoms with E-state index in [9.17, 15) is 19.2 Å². The van der Waals surface area contributed by atoms with Crippen molar-refractivity contribution in [3.05, 3.63) is 65.9 Å². The molecular formula is C22H16N8O4. The first-order chi connectivity index (χ1) is 16.5. The average Bonchev–Trinajstić information content (AvgIpc) is 3.52. The molecule has 0 radical (unpaired) electrons. The van der Waals surface area contributed by atoms with Crippen LogP contribution in [0.3, 0.4) is 0 Å². The number of rotatable bonds is 4. The van der Waals surface area contributed by atoms with Gasteiger partial charge in [0.1, 0.15) is 11.7 Å². The minimum atomic E-state index is -1.01. The third kappa shape index (κ3) is 3.15. The lowest BCUT2D eigenvalue weighted by Gasteiger charge is -2.27. The number of amides is 4. The van der Waals surface area contributed by atoms with Crippen molar-refractivity contribution < 1.29 is 19.2 Å². The third-order valence-corrected chi connectivity index (χ3v) is 5.88. The molecule has 12 nitrogen and oxygen atoms in total. The number of aromatic nitrogens is 6. The molecule has 1 unspecified atom stereocenters. The van der Waals surface area contributed by atoms with Crippen molar-refractivity contribution in [1.29, 1.82) is 0 Å². The van der Waals surface area contributed by atoms with Crippen LogP contribution in [-0.4, -0.2) is 63.9 Å². The Morgan fingerprint density at radius 1 is 1.06 bits per heavy atom. The van der Waals surface area contributed by atoms with Gasteiger partial charge >= 0.3 is 0 Å². The Morgan fingerprint density at radius 2 is 1.91 bits per heavy atom. The van der Waals surface area contributed by atoms with Crippen LogP contribution in [0.15, 0.2) is 49.1 Å². The summed E-state index contributed by atoms with van der Waals surface area (Å²) < 4.78 is 3.43. The maximum atomic E-state index is 13.0. The summed E-state index contributed by atoms with van der Waals surface area (Å²) in [7, 11) is 0. The quantitative estimate of drug-likeness (QED) is 0.436. The molecule has 0 spiro atoms. The van der Waals surface area contributed by atoms with E-state index >= 15 is 0 Å². The summed E-state index contributed by atoms with van der Waals surface area (Å²) in [6, 6.07) is 5.61. The van der Waals surface area contributed by atoms with Crippen LogP contribution in [0, 0.1) is 0 Å². The van der Waals surface area contributed by atoms with E-state index in [1.54, 1.807) is 35.3 Å². The molecule has 1 N–H and O–H groups in total. The largest absolute Gasteiger partial charge is 0.295 e. The van der Waals surface area contributed by atoms with Gasteiger partial charge in [-0.15, -0.1) is 5.10 Å². The van der Waals surface area contributed by atoms with Crippen LogP contribution in [0.2, 0.25) is 0 Å². The standard InChI is InChI=1S/C22H16N8O4/c31-18-5-4-17(19(32)25-18)30-20(33)14-3-2-12(8-15(14)21(30)34)16-11-29(27-26-16)10-13-9-28-7-1-6-23-22(28)24-13/h1-3,6-9,11,17H,4-5,10H2,(H,25,31,32). The lowest BCUT2D eigenvalue weighted by Crippen LogP contribution is -2.54. The molecule has 168 valence electrons. The average molecular weight is 456 g/mol. The minimum Gasteiger partial charge on any atom is -0.295 e. The fourth-order valence-electron chi connectivity index (χ4n) is 4.26. The van der Waals surface area contributed by atoms with Crippen molar-refractivity contribution >= 4 is 29.4 Å². The lowest BCUT2D eigenvalue weighted by atomic mass is 10.0. The minimum absolute atomic E-state index is 0.0700. The molecule has 0 aliphatic carbocycles. The molecule has 34 heavy (non-hydrogen) atoms. The second-order valence-corrected chi connectivity index (χ2v) is 8.07. The topological polar surface area (TPSA) is 144 Å². The Hall–Kier alpha value is -4.74. The fraction of sp³-hybridized carbons (Fsp3) is 0.182. The maximum absolute atomic E-state index is 13.0. The molecule has 4 aromatic rings. The van der Waals surface area contributed by atoms with E-state index in [2.05, 4.69) is 25.6 Å². The summed E-state index contributed by atoms with van der Waals surface area (Å²) in [5, 5.41) is 10.5. The highest BCUT2D eigenvalue weighted by Crippen LogP contribution is 2.30. The number of carbonyl (C=O) groups is 4. The van der Waals surface area contributed by atoms with E-state index in [1.807, 2.05) is 22.9 Å². The van der Waals surface area contributed by atoms with Crippen LogP contribution in [-0.2, 0) is 16.1 Å². The highest BCUT2D eigenvalue weighted by molar-refractivity contribution is 6.23. The van der Waals surface area contributed by atoms with Crippen LogP contribution in [0.4, 0.5) is 0 Å². The van der Waals surface area contributed by atoms with Gasteiger partial charge < -0.3 is 0 Å². The van der Waals surface area contributed by atoms with Gasteiger partial charge in [-0.2, -0.15) is 0 Å². The highest BCUT2D eigenvalue weighted by atomic mass is 16.2. The number of nitrogens with zero attached hydrogens (tertiary/aromatic N) is 7. The molecule has 6 rings (SSSR count). The summed E-state index contributed by atoms with van der Waals surface area (Å²) in [4.78, 5) is 59.1. The van der Waals surface area contributed by atoms with Gasteiger partial charge in [-0.3, -0.25) is 33.8 Å². The van der Waals surface area contributed by atoms with Crippen LogP contribution in [0.5, 0.6) is 0 Å². The zero-order chi connectivity index (χ0) is 23.4. The lowest BCUT2D eigenvalue weighted by molar-refractivity contribution is -0.136. The monoisotopic (exact) mass is 456 g/mol. The van der Waals surface area contributed by atoms with E-state index in [-0.39, 0.29) is 24.0 Å². The molecule has 2 aliphatic rings. The van der Waals surface area contributed by atoms with Crippen molar-refractivity contribution in [2.45, 2.75) is 25.4 Å². The number of imidazole rings is 1. The SMILES string of the molecule is O=C1CCC(N2C(=O)c3ccc(-c4cn(Cc5cn6cccnc6n5)nn4)cc3C2=O)C(=O)N1. The van der Waals surface area contributed by atoms with E-state index in [4.69, 9.17) is 0 Å². The van der Waals surface area contributed by atoms with Gasteiger partial charge in [0.15, 0.2) is 0 Å². The molecule has 4 amide bonds. The summed E-state index contributed by atoms with van der Waals surface area (Å²) in [6.07, 6.45) is 7.27. The Labute approximate surface area is 191 Å². The number of carbonyl (C=O) groups excluding carboxylic acids is 4. The zero-order valence-electron chi connectivity index (χ0n) is 17.6. The van der Waals surface area contributed by atoms with Gasteiger partial charge in [0, 0.05) is 30.6 Å². The zero-order valence-corrected chi connectivity index (χ0v) is 17.6. The van der Waals surface area contributed by atoms with E-state index in [0.29, 0.717) is 23.6 Å². The third-order valence-electron chi connectivity index (χ3n) is 5.88. The number of nitrogens with one attached hydrogen (secondary N) is 1. The molecule has 2 aliphatic heterocycles. The molecule has 1 fully saturated rings. The number of piperidine rings is 1. The summed E-state index contributed by atoms with van der Waals surface area (Å²) >= 11 is 0. The van der Waals surface area contributed by atoms with Crippen LogP contribution in [0.1, 0.15) is 39.3 Å². The van der Waals surface area contributed by atoms with Crippen LogP contribution < -0.4 is 5.32 Å². The molecule has 3 aromatic heterocycles. The Morgan fingerprint density at radius 3 is 2.74 bits per heavy atom. The first-order valence-corrected chi connectivity index (χ1v) is 10.5. The number of hydrogen-bond donors (Lipinski definition) is 1. The molecule has 0 bridgehead atoms. The number of fused-ring (bicyclic) bond motifs is 2. The second kappa shape index (κ2) is 7.40. The molecule has 12 heteroatoms. The van der Waals surface area contributed by atoms with Gasteiger partial charge in [0.05, 0.1) is 29.6 Å². The number of benzene rings is 1. The Kier molecular flexibility index (Phi) is 4.33. The van der Waals surface area contributed by atoms with Crippen molar-refractivity contribution in [2.75, 3.05) is 0 Å². The van der Waals surface area contributed by atoms with Crippen LogP contribution in [0.25, 0.3) is 17.0 Å². The van der Waals surface area contributed by atoms with Gasteiger partial charge in [-0.25, -0.2) is 14.6 Å². The van der Waals surface area contributed by atoms with Crippen LogP contribution >= 0.6 is 0 Å². The van der Waals surface area contributed by atoms with Gasteiger partial charge in [0.25, 0.3) is 11.8 Å².